The fourth-order valence-electron chi connectivity index (χ4n) is 2.29. The van der Waals surface area contributed by atoms with Crippen LogP contribution < -0.4 is 15.8 Å². The van der Waals surface area contributed by atoms with Crippen LogP contribution in [0.1, 0.15) is 32.3 Å². The molecule has 2 atom stereocenters. The summed E-state index contributed by atoms with van der Waals surface area (Å²) in [7, 11) is -3.65. The lowest BCUT2D eigenvalue weighted by molar-refractivity contribution is -0.116. The first-order chi connectivity index (χ1) is 9.76. The molecule has 21 heavy (non-hydrogen) atoms. The van der Waals surface area contributed by atoms with E-state index in [2.05, 4.69) is 10.0 Å². The van der Waals surface area contributed by atoms with Gasteiger partial charge in [0.25, 0.3) is 0 Å². The highest BCUT2D eigenvalue weighted by molar-refractivity contribution is 7.89. The van der Waals surface area contributed by atoms with Crippen molar-refractivity contribution in [2.24, 2.45) is 11.7 Å². The maximum atomic E-state index is 12.4. The molecule has 1 aliphatic rings. The highest BCUT2D eigenvalue weighted by Crippen LogP contribution is 2.33. The molecular formula is C14H21N3O3S. The van der Waals surface area contributed by atoms with Crippen LogP contribution in [0.4, 0.5) is 5.69 Å². The number of carbonyl (C=O) groups is 1. The van der Waals surface area contributed by atoms with Crippen LogP contribution in [-0.2, 0) is 14.8 Å². The summed E-state index contributed by atoms with van der Waals surface area (Å²) in [6.07, 6.45) is 0. The molecule has 0 bridgehead atoms. The monoisotopic (exact) mass is 311 g/mol. The van der Waals surface area contributed by atoms with Gasteiger partial charge < -0.3 is 11.1 Å². The molecule has 7 heteroatoms. The Morgan fingerprint density at radius 1 is 1.38 bits per heavy atom. The van der Waals surface area contributed by atoms with Gasteiger partial charge in [-0.1, -0.05) is 13.8 Å². The third kappa shape index (κ3) is 3.09. The number of anilines is 1. The molecule has 2 unspecified atom stereocenters. The fraction of sp³-hybridized carbons (Fsp3) is 0.500. The Morgan fingerprint density at radius 2 is 2.05 bits per heavy atom. The van der Waals surface area contributed by atoms with Crippen LogP contribution in [0.15, 0.2) is 23.1 Å². The lowest BCUT2D eigenvalue weighted by atomic mass is 10.0. The zero-order valence-corrected chi connectivity index (χ0v) is 13.2. The summed E-state index contributed by atoms with van der Waals surface area (Å²) in [6, 6.07) is 4.35. The molecule has 0 spiro atoms. The first-order valence-corrected chi connectivity index (χ1v) is 8.41. The van der Waals surface area contributed by atoms with Crippen LogP contribution in [-0.4, -0.2) is 26.9 Å². The molecule has 2 rings (SSSR count). The Labute approximate surface area is 125 Å². The van der Waals surface area contributed by atoms with Gasteiger partial charge in [-0.2, -0.15) is 0 Å². The predicted molar refractivity (Wildman–Crippen MR) is 81.5 cm³/mol. The van der Waals surface area contributed by atoms with E-state index in [9.17, 15) is 13.2 Å². The van der Waals surface area contributed by atoms with Gasteiger partial charge in [0.2, 0.25) is 15.9 Å². The van der Waals surface area contributed by atoms with E-state index < -0.39 is 10.0 Å². The summed E-state index contributed by atoms with van der Waals surface area (Å²) < 4.78 is 27.5. The number of rotatable bonds is 5. The van der Waals surface area contributed by atoms with Gasteiger partial charge in [0.05, 0.1) is 10.8 Å². The quantitative estimate of drug-likeness (QED) is 0.755. The summed E-state index contributed by atoms with van der Waals surface area (Å²) in [4.78, 5) is 11.8. The Morgan fingerprint density at radius 3 is 2.62 bits per heavy atom. The molecule has 0 fully saturated rings. The van der Waals surface area contributed by atoms with Gasteiger partial charge in [-0.3, -0.25) is 4.79 Å². The lowest BCUT2D eigenvalue weighted by Gasteiger charge is -2.20. The predicted octanol–water partition coefficient (Wildman–Crippen LogP) is 1.00. The second-order valence-electron chi connectivity index (χ2n) is 5.67. The average Bonchev–Trinajstić information content (AvgIpc) is 2.71. The number of hydrogen-bond donors (Lipinski definition) is 3. The Balaban J connectivity index is 2.32. The second-order valence-corrected chi connectivity index (χ2v) is 7.38. The van der Waals surface area contributed by atoms with Gasteiger partial charge in [-0.25, -0.2) is 13.1 Å². The normalized spacial score (nSPS) is 19.5. The maximum Gasteiger partial charge on any atom is 0.240 e. The van der Waals surface area contributed by atoms with Crippen LogP contribution in [0, 0.1) is 5.92 Å². The van der Waals surface area contributed by atoms with Crippen LogP contribution in [0.5, 0.6) is 0 Å². The molecule has 1 aromatic carbocycles. The van der Waals surface area contributed by atoms with Crippen LogP contribution >= 0.6 is 0 Å². The molecule has 1 heterocycles. The first-order valence-electron chi connectivity index (χ1n) is 6.93. The summed E-state index contributed by atoms with van der Waals surface area (Å²) >= 11 is 0. The molecule has 1 aliphatic heterocycles. The fourth-order valence-corrected chi connectivity index (χ4v) is 3.72. The van der Waals surface area contributed by atoms with E-state index in [0.29, 0.717) is 11.3 Å². The van der Waals surface area contributed by atoms with Crippen LogP contribution in [0.25, 0.3) is 0 Å². The third-order valence-electron chi connectivity index (χ3n) is 3.82. The molecule has 0 saturated carbocycles. The number of amides is 1. The van der Waals surface area contributed by atoms with Gasteiger partial charge >= 0.3 is 0 Å². The van der Waals surface area contributed by atoms with Crippen molar-refractivity contribution in [1.29, 1.82) is 0 Å². The Bertz CT molecular complexity index is 655. The summed E-state index contributed by atoms with van der Waals surface area (Å²) in [5, 5.41) is 2.72. The van der Waals surface area contributed by atoms with Gasteiger partial charge in [-0.05, 0) is 36.6 Å². The topological polar surface area (TPSA) is 101 Å². The molecule has 0 aliphatic carbocycles. The van der Waals surface area contributed by atoms with E-state index in [1.807, 2.05) is 13.8 Å². The van der Waals surface area contributed by atoms with Crippen molar-refractivity contribution in [3.8, 4) is 0 Å². The van der Waals surface area contributed by atoms with Crippen molar-refractivity contribution >= 4 is 21.6 Å². The van der Waals surface area contributed by atoms with E-state index in [0.717, 1.165) is 0 Å². The minimum atomic E-state index is -3.65. The number of fused-ring (bicyclic) bond motifs is 1. The summed E-state index contributed by atoms with van der Waals surface area (Å²) in [6.45, 7) is 5.81. The molecule has 0 saturated heterocycles. The van der Waals surface area contributed by atoms with Crippen molar-refractivity contribution in [3.63, 3.8) is 0 Å². The van der Waals surface area contributed by atoms with Crippen molar-refractivity contribution in [2.75, 3.05) is 11.9 Å². The van der Waals surface area contributed by atoms with Crippen LogP contribution in [0.3, 0.4) is 0 Å². The van der Waals surface area contributed by atoms with E-state index in [-0.39, 0.29) is 35.2 Å². The molecule has 6 nitrogen and oxygen atoms in total. The smallest absolute Gasteiger partial charge is 0.240 e. The first kappa shape index (κ1) is 15.9. The maximum absolute atomic E-state index is 12.4. The highest BCUT2D eigenvalue weighted by Gasteiger charge is 2.29. The number of hydrogen-bond acceptors (Lipinski definition) is 4. The second kappa shape index (κ2) is 5.75. The van der Waals surface area contributed by atoms with E-state index in [1.54, 1.807) is 19.1 Å². The molecule has 0 radical (unpaired) electrons. The molecule has 0 aromatic heterocycles. The zero-order chi connectivity index (χ0) is 15.8. The van der Waals surface area contributed by atoms with Gasteiger partial charge in [0.1, 0.15) is 0 Å². The highest BCUT2D eigenvalue weighted by atomic mass is 32.2. The SMILES string of the molecule is CC1C(=O)Nc2ccc(S(=O)(=O)NC(CN)C(C)C)cc21. The minimum Gasteiger partial charge on any atom is -0.329 e. The van der Waals surface area contributed by atoms with Gasteiger partial charge in [0, 0.05) is 18.3 Å². The number of carbonyl (C=O) groups excluding carboxylic acids is 1. The minimum absolute atomic E-state index is 0.0985. The van der Waals surface area contributed by atoms with Crippen molar-refractivity contribution in [3.05, 3.63) is 23.8 Å². The van der Waals surface area contributed by atoms with Gasteiger partial charge in [-0.15, -0.1) is 0 Å². The van der Waals surface area contributed by atoms with Crippen molar-refractivity contribution in [2.45, 2.75) is 37.6 Å². The number of nitrogens with one attached hydrogen (secondary N) is 2. The molecule has 4 N–H and O–H groups in total. The van der Waals surface area contributed by atoms with E-state index in [4.69, 9.17) is 5.73 Å². The lowest BCUT2D eigenvalue weighted by Crippen LogP contribution is -2.43. The zero-order valence-electron chi connectivity index (χ0n) is 12.4. The number of benzene rings is 1. The summed E-state index contributed by atoms with van der Waals surface area (Å²) in [5.74, 6) is -0.360. The molecule has 1 amide bonds. The van der Waals surface area contributed by atoms with E-state index >= 15 is 0 Å². The average molecular weight is 311 g/mol. The Hall–Kier alpha value is -1.44. The van der Waals surface area contributed by atoms with Crippen molar-refractivity contribution in [1.82, 2.24) is 4.72 Å². The molecular weight excluding hydrogens is 290 g/mol. The number of nitrogens with two attached hydrogens (primary N) is 1. The summed E-state index contributed by atoms with van der Waals surface area (Å²) in [5.41, 5.74) is 6.99. The van der Waals surface area contributed by atoms with Crippen LogP contribution in [0.2, 0.25) is 0 Å². The van der Waals surface area contributed by atoms with Gasteiger partial charge in [0.15, 0.2) is 0 Å². The third-order valence-corrected chi connectivity index (χ3v) is 5.30. The standard InChI is InChI=1S/C14H21N3O3S/c1-8(2)13(7-15)17-21(19,20)10-4-5-12-11(6-10)9(3)14(18)16-12/h4-6,8-9,13,17H,7,15H2,1-3H3,(H,16,18). The Kier molecular flexibility index (Phi) is 4.36. The number of sulfonamides is 1. The van der Waals surface area contributed by atoms with Crippen molar-refractivity contribution < 1.29 is 13.2 Å². The van der Waals surface area contributed by atoms with E-state index in [1.165, 1.54) is 6.07 Å². The molecule has 116 valence electrons. The molecule has 1 aromatic rings. The largest absolute Gasteiger partial charge is 0.329 e.